The summed E-state index contributed by atoms with van der Waals surface area (Å²) in [7, 11) is 1.73. The molecule has 25 heavy (non-hydrogen) atoms. The maximum atomic E-state index is 12.2. The molecule has 5 heteroatoms. The number of hydrogen-bond acceptors (Lipinski definition) is 3. The number of benzene rings is 2. The average molecular weight is 341 g/mol. The Hall–Kier alpha value is -2.82. The van der Waals surface area contributed by atoms with Crippen LogP contribution in [0.2, 0.25) is 0 Å². The normalized spacial score (nSPS) is 10.3. The van der Waals surface area contributed by atoms with E-state index in [4.69, 9.17) is 4.74 Å². The fourth-order valence-corrected chi connectivity index (χ4v) is 2.52. The Morgan fingerprint density at radius 2 is 1.76 bits per heavy atom. The number of para-hydroxylation sites is 1. The molecule has 0 atom stereocenters. The van der Waals surface area contributed by atoms with Crippen LogP contribution in [0.15, 0.2) is 48.5 Å². The van der Waals surface area contributed by atoms with Gasteiger partial charge in [-0.2, -0.15) is 0 Å². The molecule has 0 saturated carbocycles. The molecular formula is C20H23NO4. The lowest BCUT2D eigenvalue weighted by atomic mass is 10.0. The van der Waals surface area contributed by atoms with Gasteiger partial charge < -0.3 is 14.7 Å². The molecular weight excluding hydrogens is 318 g/mol. The van der Waals surface area contributed by atoms with E-state index < -0.39 is 5.97 Å². The van der Waals surface area contributed by atoms with Crippen LogP contribution in [0.1, 0.15) is 27.9 Å². The molecule has 1 N–H and O–H groups in total. The number of amides is 1. The summed E-state index contributed by atoms with van der Waals surface area (Å²) in [4.78, 5) is 25.0. The van der Waals surface area contributed by atoms with E-state index in [-0.39, 0.29) is 17.9 Å². The highest BCUT2D eigenvalue weighted by molar-refractivity contribution is 5.89. The lowest BCUT2D eigenvalue weighted by molar-refractivity contribution is -0.130. The van der Waals surface area contributed by atoms with Crippen molar-refractivity contribution in [3.05, 3.63) is 65.2 Å². The maximum Gasteiger partial charge on any atom is 0.335 e. The van der Waals surface area contributed by atoms with Gasteiger partial charge in [0.15, 0.2) is 0 Å². The first kappa shape index (κ1) is 18.5. The number of aromatic carboxylic acids is 1. The van der Waals surface area contributed by atoms with Crippen LogP contribution in [0.25, 0.3) is 0 Å². The molecule has 0 spiro atoms. The van der Waals surface area contributed by atoms with E-state index in [0.717, 1.165) is 11.3 Å². The first-order chi connectivity index (χ1) is 12.0. The van der Waals surface area contributed by atoms with E-state index >= 15 is 0 Å². The van der Waals surface area contributed by atoms with Gasteiger partial charge in [-0.15, -0.1) is 0 Å². The third-order valence-corrected chi connectivity index (χ3v) is 4.06. The number of hydrogen-bond donors (Lipinski definition) is 1. The summed E-state index contributed by atoms with van der Waals surface area (Å²) >= 11 is 0. The van der Waals surface area contributed by atoms with E-state index in [1.807, 2.05) is 31.2 Å². The monoisotopic (exact) mass is 341 g/mol. The Balaban J connectivity index is 1.81. The fourth-order valence-electron chi connectivity index (χ4n) is 2.52. The zero-order valence-electron chi connectivity index (χ0n) is 14.6. The van der Waals surface area contributed by atoms with E-state index in [9.17, 15) is 14.7 Å². The highest BCUT2D eigenvalue weighted by atomic mass is 16.5. The standard InChI is InChI=1S/C20H23NO4/c1-15-7-3-6-10-18(15)25-14-13-21(2)19(22)12-11-16-8-4-5-9-17(16)20(23)24/h3-10H,11-14H2,1-2H3,(H,23,24). The third-order valence-electron chi connectivity index (χ3n) is 4.06. The number of carbonyl (C=O) groups is 2. The van der Waals surface area contributed by atoms with Gasteiger partial charge in [-0.05, 0) is 36.6 Å². The van der Waals surface area contributed by atoms with Gasteiger partial charge in [0.2, 0.25) is 5.91 Å². The summed E-state index contributed by atoms with van der Waals surface area (Å²) in [6.45, 7) is 2.87. The van der Waals surface area contributed by atoms with Gasteiger partial charge in [0.1, 0.15) is 12.4 Å². The van der Waals surface area contributed by atoms with Crippen molar-refractivity contribution in [1.29, 1.82) is 0 Å². The van der Waals surface area contributed by atoms with E-state index in [0.29, 0.717) is 25.1 Å². The topological polar surface area (TPSA) is 66.8 Å². The second-order valence-corrected chi connectivity index (χ2v) is 5.89. The number of likely N-dealkylation sites (N-methyl/N-ethyl adjacent to an activating group) is 1. The summed E-state index contributed by atoms with van der Waals surface area (Å²) in [5.74, 6) is -0.185. The molecule has 0 aliphatic rings. The summed E-state index contributed by atoms with van der Waals surface area (Å²) in [5, 5.41) is 9.17. The minimum Gasteiger partial charge on any atom is -0.491 e. The Labute approximate surface area is 147 Å². The molecule has 0 unspecified atom stereocenters. The van der Waals surface area contributed by atoms with Crippen LogP contribution in [0.4, 0.5) is 0 Å². The van der Waals surface area contributed by atoms with Crippen LogP contribution in [-0.4, -0.2) is 42.1 Å². The van der Waals surface area contributed by atoms with Crippen LogP contribution in [0, 0.1) is 6.92 Å². The third kappa shape index (κ3) is 5.35. The molecule has 2 rings (SSSR count). The van der Waals surface area contributed by atoms with Gasteiger partial charge in [-0.25, -0.2) is 4.79 Å². The Kier molecular flexibility index (Phi) is 6.57. The van der Waals surface area contributed by atoms with Crippen LogP contribution >= 0.6 is 0 Å². The lowest BCUT2D eigenvalue weighted by Gasteiger charge is -2.18. The Morgan fingerprint density at radius 1 is 1.08 bits per heavy atom. The molecule has 0 bridgehead atoms. The van der Waals surface area contributed by atoms with Crippen molar-refractivity contribution in [3.8, 4) is 5.75 Å². The second kappa shape index (κ2) is 8.87. The van der Waals surface area contributed by atoms with Crippen molar-refractivity contribution in [2.24, 2.45) is 0 Å². The summed E-state index contributed by atoms with van der Waals surface area (Å²) < 4.78 is 5.70. The molecule has 5 nitrogen and oxygen atoms in total. The number of carboxylic acids is 1. The minimum atomic E-state index is -0.969. The second-order valence-electron chi connectivity index (χ2n) is 5.89. The average Bonchev–Trinajstić information content (AvgIpc) is 2.61. The van der Waals surface area contributed by atoms with Crippen LogP contribution in [-0.2, 0) is 11.2 Å². The van der Waals surface area contributed by atoms with E-state index in [1.165, 1.54) is 0 Å². The van der Waals surface area contributed by atoms with E-state index in [2.05, 4.69) is 0 Å². The number of carboxylic acid groups (broad SMARTS) is 1. The van der Waals surface area contributed by atoms with Gasteiger partial charge in [-0.1, -0.05) is 36.4 Å². The molecule has 0 radical (unpaired) electrons. The maximum absolute atomic E-state index is 12.2. The van der Waals surface area contributed by atoms with Gasteiger partial charge >= 0.3 is 5.97 Å². The van der Waals surface area contributed by atoms with Gasteiger partial charge in [0.05, 0.1) is 12.1 Å². The summed E-state index contributed by atoms with van der Waals surface area (Å²) in [6, 6.07) is 14.5. The van der Waals surface area contributed by atoms with Crippen molar-refractivity contribution in [2.45, 2.75) is 19.8 Å². The largest absolute Gasteiger partial charge is 0.491 e. The number of carbonyl (C=O) groups excluding carboxylic acids is 1. The lowest BCUT2D eigenvalue weighted by Crippen LogP contribution is -2.31. The smallest absolute Gasteiger partial charge is 0.335 e. The van der Waals surface area contributed by atoms with Crippen molar-refractivity contribution < 1.29 is 19.4 Å². The molecule has 0 fully saturated rings. The summed E-state index contributed by atoms with van der Waals surface area (Å²) in [5.41, 5.74) is 1.98. The van der Waals surface area contributed by atoms with Gasteiger partial charge in [0, 0.05) is 13.5 Å². The van der Waals surface area contributed by atoms with Crippen molar-refractivity contribution in [1.82, 2.24) is 4.90 Å². The Morgan fingerprint density at radius 3 is 2.48 bits per heavy atom. The highest BCUT2D eigenvalue weighted by Gasteiger charge is 2.13. The quantitative estimate of drug-likeness (QED) is 0.801. The minimum absolute atomic E-state index is 0.0337. The molecule has 0 heterocycles. The number of nitrogens with zero attached hydrogens (tertiary/aromatic N) is 1. The first-order valence-electron chi connectivity index (χ1n) is 8.22. The van der Waals surface area contributed by atoms with Crippen LogP contribution < -0.4 is 4.74 Å². The van der Waals surface area contributed by atoms with Crippen molar-refractivity contribution in [2.75, 3.05) is 20.2 Å². The zero-order valence-corrected chi connectivity index (χ0v) is 14.6. The van der Waals surface area contributed by atoms with E-state index in [1.54, 1.807) is 36.2 Å². The molecule has 0 aliphatic carbocycles. The van der Waals surface area contributed by atoms with Crippen molar-refractivity contribution in [3.63, 3.8) is 0 Å². The predicted molar refractivity (Wildman–Crippen MR) is 96.0 cm³/mol. The molecule has 1 amide bonds. The molecule has 0 aromatic heterocycles. The zero-order chi connectivity index (χ0) is 18.2. The molecule has 132 valence electrons. The highest BCUT2D eigenvalue weighted by Crippen LogP contribution is 2.16. The SMILES string of the molecule is Cc1ccccc1OCCN(C)C(=O)CCc1ccccc1C(=O)O. The van der Waals surface area contributed by atoms with Crippen LogP contribution in [0.5, 0.6) is 5.75 Å². The predicted octanol–water partition coefficient (Wildman–Crippen LogP) is 3.16. The molecule has 2 aromatic rings. The van der Waals surface area contributed by atoms with Crippen LogP contribution in [0.3, 0.4) is 0 Å². The molecule has 2 aromatic carbocycles. The fraction of sp³-hybridized carbons (Fsp3) is 0.300. The van der Waals surface area contributed by atoms with Crippen molar-refractivity contribution >= 4 is 11.9 Å². The van der Waals surface area contributed by atoms with Gasteiger partial charge in [-0.3, -0.25) is 4.79 Å². The number of rotatable bonds is 8. The molecule has 0 aliphatic heterocycles. The number of aryl methyl sites for hydroxylation is 2. The summed E-state index contributed by atoms with van der Waals surface area (Å²) in [6.07, 6.45) is 0.676. The Bertz CT molecular complexity index is 742. The van der Waals surface area contributed by atoms with Gasteiger partial charge in [0.25, 0.3) is 0 Å². The number of ether oxygens (including phenoxy) is 1. The first-order valence-corrected chi connectivity index (χ1v) is 8.22. The molecule has 0 saturated heterocycles.